The Morgan fingerprint density at radius 1 is 1.43 bits per heavy atom. The minimum Gasteiger partial charge on any atom is -0.378 e. The van der Waals surface area contributed by atoms with Crippen molar-refractivity contribution >= 4 is 11.6 Å². The third kappa shape index (κ3) is 3.12. The summed E-state index contributed by atoms with van der Waals surface area (Å²) >= 11 is 0. The average molecular weight is 293 g/mol. The predicted octanol–water partition coefficient (Wildman–Crippen LogP) is 0.836. The van der Waals surface area contributed by atoms with Gasteiger partial charge in [-0.25, -0.2) is 4.98 Å². The van der Waals surface area contributed by atoms with E-state index in [0.717, 1.165) is 17.9 Å². The summed E-state index contributed by atoms with van der Waals surface area (Å²) in [5, 5.41) is 7.49. The summed E-state index contributed by atoms with van der Waals surface area (Å²) < 4.78 is 18.0. The number of hydrogen-bond acceptors (Lipinski definition) is 7. The van der Waals surface area contributed by atoms with Crippen LogP contribution in [-0.4, -0.2) is 52.2 Å². The molecule has 1 aliphatic rings. The van der Waals surface area contributed by atoms with E-state index in [1.54, 1.807) is 11.6 Å². The van der Waals surface area contributed by atoms with E-state index in [-0.39, 0.29) is 0 Å². The fraction of sp³-hybridized carbons (Fsp3) is 0.615. The Hall–Kier alpha value is -1.77. The van der Waals surface area contributed by atoms with Gasteiger partial charge in [-0.2, -0.15) is 14.6 Å². The normalized spacial score (nSPS) is 17.4. The van der Waals surface area contributed by atoms with Gasteiger partial charge in [-0.1, -0.05) is 0 Å². The van der Waals surface area contributed by atoms with Gasteiger partial charge in [0.2, 0.25) is 0 Å². The van der Waals surface area contributed by atoms with Crippen molar-refractivity contribution in [3.8, 4) is 0 Å². The minimum atomic E-state index is -0.503. The second-order valence-corrected chi connectivity index (χ2v) is 5.05. The molecule has 3 rings (SSSR count). The molecule has 21 heavy (non-hydrogen) atoms. The number of aromatic nitrogens is 4. The molecule has 3 heterocycles. The topological polar surface area (TPSA) is 82.8 Å². The van der Waals surface area contributed by atoms with E-state index in [1.807, 2.05) is 13.0 Å². The molecular weight excluding hydrogens is 274 g/mol. The highest BCUT2D eigenvalue weighted by molar-refractivity contribution is 5.44. The van der Waals surface area contributed by atoms with Crippen LogP contribution in [0.25, 0.3) is 5.78 Å². The van der Waals surface area contributed by atoms with Crippen LogP contribution in [0.1, 0.15) is 19.0 Å². The van der Waals surface area contributed by atoms with Crippen LogP contribution in [0.3, 0.4) is 0 Å². The Labute approximate surface area is 122 Å². The maximum Gasteiger partial charge on any atom is 0.254 e. The summed E-state index contributed by atoms with van der Waals surface area (Å²) in [6.45, 7) is 4.38. The molecule has 1 aliphatic heterocycles. The summed E-state index contributed by atoms with van der Waals surface area (Å²) in [5.41, 5.74) is 0.806. The molecule has 2 aromatic heterocycles. The summed E-state index contributed by atoms with van der Waals surface area (Å²) in [6, 6.07) is 1.91. The van der Waals surface area contributed by atoms with Gasteiger partial charge in [-0.05, 0) is 6.92 Å². The van der Waals surface area contributed by atoms with Gasteiger partial charge in [-0.3, -0.25) is 0 Å². The Bertz CT molecular complexity index is 609. The third-order valence-corrected chi connectivity index (χ3v) is 3.38. The molecule has 1 fully saturated rings. The number of nitrogens with zero attached hydrogens (tertiary/aromatic N) is 4. The first-order chi connectivity index (χ1) is 10.2. The number of nitrogens with one attached hydrogen (secondary N) is 1. The lowest BCUT2D eigenvalue weighted by Crippen LogP contribution is -2.28. The van der Waals surface area contributed by atoms with Gasteiger partial charge in [0.05, 0.1) is 25.5 Å². The van der Waals surface area contributed by atoms with Gasteiger partial charge in [0.1, 0.15) is 12.1 Å². The van der Waals surface area contributed by atoms with Crippen molar-refractivity contribution in [1.82, 2.24) is 19.6 Å². The average Bonchev–Trinajstić information content (AvgIpc) is 3.08. The number of ether oxygens (including phenoxy) is 3. The molecule has 0 saturated carbocycles. The highest BCUT2D eigenvalue weighted by Gasteiger charge is 2.30. The summed E-state index contributed by atoms with van der Waals surface area (Å²) in [5.74, 6) is 0.870. The fourth-order valence-corrected chi connectivity index (χ4v) is 2.33. The highest BCUT2D eigenvalue weighted by atomic mass is 16.7. The predicted molar refractivity (Wildman–Crippen MR) is 74.9 cm³/mol. The van der Waals surface area contributed by atoms with Gasteiger partial charge in [-0.15, -0.1) is 0 Å². The van der Waals surface area contributed by atoms with E-state index in [4.69, 9.17) is 14.2 Å². The van der Waals surface area contributed by atoms with E-state index in [2.05, 4.69) is 20.4 Å². The summed E-state index contributed by atoms with van der Waals surface area (Å²) in [4.78, 5) is 8.48. The molecule has 114 valence electrons. The van der Waals surface area contributed by atoms with Crippen LogP contribution in [0.4, 0.5) is 5.82 Å². The molecule has 1 saturated heterocycles. The van der Waals surface area contributed by atoms with E-state index in [9.17, 15) is 0 Å². The van der Waals surface area contributed by atoms with Crippen LogP contribution < -0.4 is 5.32 Å². The first-order valence-electron chi connectivity index (χ1n) is 6.90. The van der Waals surface area contributed by atoms with Crippen molar-refractivity contribution in [3.05, 3.63) is 18.1 Å². The van der Waals surface area contributed by atoms with Crippen LogP contribution in [0, 0.1) is 0 Å². The Balaban J connectivity index is 1.71. The van der Waals surface area contributed by atoms with Crippen molar-refractivity contribution in [2.24, 2.45) is 0 Å². The van der Waals surface area contributed by atoms with Crippen LogP contribution in [-0.2, 0) is 20.8 Å². The van der Waals surface area contributed by atoms with Crippen LogP contribution >= 0.6 is 0 Å². The van der Waals surface area contributed by atoms with Gasteiger partial charge in [0.15, 0.2) is 5.79 Å². The largest absolute Gasteiger partial charge is 0.378 e. The van der Waals surface area contributed by atoms with Crippen LogP contribution in [0.5, 0.6) is 0 Å². The van der Waals surface area contributed by atoms with E-state index < -0.39 is 5.79 Å². The monoisotopic (exact) mass is 293 g/mol. The molecule has 1 N–H and O–H groups in total. The molecule has 0 spiro atoms. The second kappa shape index (κ2) is 5.92. The van der Waals surface area contributed by atoms with Crippen molar-refractivity contribution < 1.29 is 14.2 Å². The maximum atomic E-state index is 5.58. The standard InChI is InChI=1S/C13H19N5O3/c1-13(20-5-6-21-13)3-4-14-11-7-10(8-19-2)17-12-15-9-16-18(11)12/h7,9,14H,3-6,8H2,1-2H3. The number of hydrogen-bond donors (Lipinski definition) is 1. The Morgan fingerprint density at radius 2 is 2.24 bits per heavy atom. The Kier molecular flexibility index (Phi) is 4.00. The third-order valence-electron chi connectivity index (χ3n) is 3.38. The van der Waals surface area contributed by atoms with Crippen molar-refractivity contribution in [2.75, 3.05) is 32.2 Å². The first kappa shape index (κ1) is 14.2. The lowest BCUT2D eigenvalue weighted by molar-refractivity contribution is -0.144. The molecule has 0 aromatic carbocycles. The number of fused-ring (bicyclic) bond motifs is 1. The van der Waals surface area contributed by atoms with E-state index in [0.29, 0.717) is 32.1 Å². The first-order valence-corrected chi connectivity index (χ1v) is 6.90. The quantitative estimate of drug-likeness (QED) is 0.844. The smallest absolute Gasteiger partial charge is 0.254 e. The fourth-order valence-electron chi connectivity index (χ4n) is 2.33. The Morgan fingerprint density at radius 3 is 3.00 bits per heavy atom. The van der Waals surface area contributed by atoms with E-state index >= 15 is 0 Å². The maximum absolute atomic E-state index is 5.58. The molecule has 0 atom stereocenters. The molecule has 0 aliphatic carbocycles. The van der Waals surface area contributed by atoms with E-state index in [1.165, 1.54) is 6.33 Å². The SMILES string of the molecule is COCc1cc(NCCC2(C)OCCO2)n2ncnc2n1. The molecular formula is C13H19N5O3. The number of methoxy groups -OCH3 is 1. The molecule has 0 unspecified atom stereocenters. The highest BCUT2D eigenvalue weighted by Crippen LogP contribution is 2.22. The van der Waals surface area contributed by atoms with Gasteiger partial charge < -0.3 is 19.5 Å². The zero-order chi connectivity index (χ0) is 14.7. The summed E-state index contributed by atoms with van der Waals surface area (Å²) in [6.07, 6.45) is 2.22. The van der Waals surface area contributed by atoms with Crippen molar-refractivity contribution in [3.63, 3.8) is 0 Å². The van der Waals surface area contributed by atoms with Gasteiger partial charge >= 0.3 is 0 Å². The van der Waals surface area contributed by atoms with Gasteiger partial charge in [0.25, 0.3) is 5.78 Å². The van der Waals surface area contributed by atoms with Crippen LogP contribution in [0.15, 0.2) is 12.4 Å². The van der Waals surface area contributed by atoms with Crippen molar-refractivity contribution in [1.29, 1.82) is 0 Å². The van der Waals surface area contributed by atoms with Gasteiger partial charge in [0, 0.05) is 26.1 Å². The number of rotatable bonds is 6. The lowest BCUT2D eigenvalue weighted by atomic mass is 10.2. The molecule has 0 amide bonds. The minimum absolute atomic E-state index is 0.433. The van der Waals surface area contributed by atoms with Crippen molar-refractivity contribution in [2.45, 2.75) is 25.7 Å². The van der Waals surface area contributed by atoms with Crippen LogP contribution in [0.2, 0.25) is 0 Å². The summed E-state index contributed by atoms with van der Waals surface area (Å²) in [7, 11) is 1.64. The molecule has 0 radical (unpaired) electrons. The molecule has 8 nitrogen and oxygen atoms in total. The molecule has 2 aromatic rings. The lowest BCUT2D eigenvalue weighted by Gasteiger charge is -2.22. The second-order valence-electron chi connectivity index (χ2n) is 5.05. The molecule has 0 bridgehead atoms. The molecule has 8 heteroatoms. The zero-order valence-electron chi connectivity index (χ0n) is 12.2. The number of anilines is 1. The zero-order valence-corrected chi connectivity index (χ0v) is 12.2.